The first-order valence-electron chi connectivity index (χ1n) is 8.40. The molecule has 3 aromatic rings. The third-order valence-electron chi connectivity index (χ3n) is 4.67. The van der Waals surface area contributed by atoms with Gasteiger partial charge in [-0.25, -0.2) is 14.4 Å². The molecule has 2 aromatic carbocycles. The number of nitrogens with one attached hydrogen (secondary N) is 1. The zero-order valence-corrected chi connectivity index (χ0v) is 14.6. The first-order valence-corrected chi connectivity index (χ1v) is 8.40. The fourth-order valence-electron chi connectivity index (χ4n) is 3.22. The molecule has 2 atom stereocenters. The van der Waals surface area contributed by atoms with E-state index in [4.69, 9.17) is 4.74 Å². The van der Waals surface area contributed by atoms with E-state index in [0.717, 1.165) is 12.1 Å². The van der Waals surface area contributed by atoms with Crippen LogP contribution in [0.1, 0.15) is 11.4 Å². The lowest BCUT2D eigenvalue weighted by Crippen LogP contribution is -2.63. The molecule has 1 aromatic heterocycles. The van der Waals surface area contributed by atoms with Gasteiger partial charge in [-0.2, -0.15) is 13.2 Å². The van der Waals surface area contributed by atoms with Gasteiger partial charge in [0.05, 0.1) is 11.2 Å². The number of rotatable bonds is 2. The van der Waals surface area contributed by atoms with Crippen LogP contribution in [0.5, 0.6) is 5.75 Å². The standard InChI is InChI=1S/C19H15F4N3O2/c1-10-24-9-13-14(25-10)6-12(20)7-15(13)26-17-18(27,19(21,22)23)8-11-4-2-3-5-16(11)28-17/h2-7,9,17,26-27H,8H2,1H3. The summed E-state index contributed by atoms with van der Waals surface area (Å²) in [5.41, 5.74) is -2.78. The topological polar surface area (TPSA) is 67.3 Å². The second-order valence-corrected chi connectivity index (χ2v) is 6.65. The van der Waals surface area contributed by atoms with E-state index < -0.39 is 30.2 Å². The quantitative estimate of drug-likeness (QED) is 0.650. The van der Waals surface area contributed by atoms with Gasteiger partial charge in [0.2, 0.25) is 11.8 Å². The molecule has 1 aliphatic heterocycles. The van der Waals surface area contributed by atoms with Crippen molar-refractivity contribution < 1.29 is 27.4 Å². The summed E-state index contributed by atoms with van der Waals surface area (Å²) in [4.78, 5) is 8.11. The minimum atomic E-state index is -4.99. The molecule has 0 spiro atoms. The molecule has 2 heterocycles. The summed E-state index contributed by atoms with van der Waals surface area (Å²) < 4.78 is 60.7. The average molecular weight is 393 g/mol. The van der Waals surface area contributed by atoms with Crippen molar-refractivity contribution in [2.45, 2.75) is 31.3 Å². The monoisotopic (exact) mass is 393 g/mol. The van der Waals surface area contributed by atoms with E-state index in [0.29, 0.717) is 11.2 Å². The number of hydrogen-bond donors (Lipinski definition) is 2. The number of aliphatic hydroxyl groups is 1. The van der Waals surface area contributed by atoms with Crippen LogP contribution < -0.4 is 10.1 Å². The van der Waals surface area contributed by atoms with Crippen molar-refractivity contribution in [3.8, 4) is 5.75 Å². The maximum absolute atomic E-state index is 14.0. The van der Waals surface area contributed by atoms with Gasteiger partial charge in [0.1, 0.15) is 17.4 Å². The Morgan fingerprint density at radius 3 is 2.75 bits per heavy atom. The van der Waals surface area contributed by atoms with Crippen LogP contribution in [-0.4, -0.2) is 33.1 Å². The number of aryl methyl sites for hydroxylation is 1. The van der Waals surface area contributed by atoms with Crippen LogP contribution in [0.3, 0.4) is 0 Å². The summed E-state index contributed by atoms with van der Waals surface area (Å²) in [6.07, 6.45) is -6.21. The fraction of sp³-hybridized carbons (Fsp3) is 0.263. The normalized spacial score (nSPS) is 21.9. The molecule has 0 amide bonds. The van der Waals surface area contributed by atoms with E-state index in [2.05, 4.69) is 15.3 Å². The molecule has 0 saturated heterocycles. The molecule has 5 nitrogen and oxygen atoms in total. The summed E-state index contributed by atoms with van der Waals surface area (Å²) in [6.45, 7) is 1.61. The van der Waals surface area contributed by atoms with Crippen LogP contribution >= 0.6 is 0 Å². The van der Waals surface area contributed by atoms with Gasteiger partial charge in [-0.15, -0.1) is 0 Å². The van der Waals surface area contributed by atoms with Crippen molar-refractivity contribution in [2.75, 3.05) is 5.32 Å². The second kappa shape index (κ2) is 6.30. The molecule has 0 fully saturated rings. The zero-order valence-electron chi connectivity index (χ0n) is 14.6. The highest BCUT2D eigenvalue weighted by atomic mass is 19.4. The van der Waals surface area contributed by atoms with Crippen LogP contribution in [0.2, 0.25) is 0 Å². The number of benzene rings is 2. The third kappa shape index (κ3) is 3.01. The van der Waals surface area contributed by atoms with E-state index in [-0.39, 0.29) is 22.5 Å². The lowest BCUT2D eigenvalue weighted by Gasteiger charge is -2.42. The van der Waals surface area contributed by atoms with Gasteiger partial charge in [-0.3, -0.25) is 0 Å². The number of nitrogens with zero attached hydrogens (tertiary/aromatic N) is 2. The van der Waals surface area contributed by atoms with Gasteiger partial charge >= 0.3 is 6.18 Å². The Hall–Kier alpha value is -2.94. The van der Waals surface area contributed by atoms with Crippen molar-refractivity contribution in [2.24, 2.45) is 0 Å². The van der Waals surface area contributed by atoms with Crippen LogP contribution in [0, 0.1) is 12.7 Å². The Bertz CT molecular complexity index is 1050. The number of halogens is 4. The van der Waals surface area contributed by atoms with Crippen molar-refractivity contribution >= 4 is 16.6 Å². The van der Waals surface area contributed by atoms with E-state index >= 15 is 0 Å². The first-order chi connectivity index (χ1) is 13.2. The average Bonchev–Trinajstić information content (AvgIpc) is 2.60. The molecule has 28 heavy (non-hydrogen) atoms. The first kappa shape index (κ1) is 18.4. The van der Waals surface area contributed by atoms with E-state index in [1.165, 1.54) is 18.3 Å². The smallest absolute Gasteiger partial charge is 0.423 e. The predicted octanol–water partition coefficient (Wildman–Crippen LogP) is 3.74. The van der Waals surface area contributed by atoms with Gasteiger partial charge < -0.3 is 15.2 Å². The molecule has 9 heteroatoms. The predicted molar refractivity (Wildman–Crippen MR) is 93.4 cm³/mol. The third-order valence-corrected chi connectivity index (χ3v) is 4.67. The van der Waals surface area contributed by atoms with Crippen LogP contribution in [0.4, 0.5) is 23.2 Å². The van der Waals surface area contributed by atoms with Crippen molar-refractivity contribution in [1.29, 1.82) is 0 Å². The van der Waals surface area contributed by atoms with Gasteiger partial charge in [0.25, 0.3) is 0 Å². The summed E-state index contributed by atoms with van der Waals surface area (Å²) in [5.74, 6) is -0.0970. The summed E-state index contributed by atoms with van der Waals surface area (Å²) in [5, 5.41) is 13.3. The molecule has 2 unspecified atom stereocenters. The fourth-order valence-corrected chi connectivity index (χ4v) is 3.22. The Morgan fingerprint density at radius 1 is 1.25 bits per heavy atom. The minimum Gasteiger partial charge on any atom is -0.467 e. The number of hydrogen-bond acceptors (Lipinski definition) is 5. The van der Waals surface area contributed by atoms with Gasteiger partial charge in [-0.05, 0) is 24.6 Å². The van der Waals surface area contributed by atoms with E-state index in [1.54, 1.807) is 19.1 Å². The van der Waals surface area contributed by atoms with Crippen LogP contribution in [0.15, 0.2) is 42.6 Å². The minimum absolute atomic E-state index is 0.0120. The second-order valence-electron chi connectivity index (χ2n) is 6.65. The Labute approximate surface area is 157 Å². The molecule has 2 N–H and O–H groups in total. The Kier molecular flexibility index (Phi) is 4.15. The van der Waals surface area contributed by atoms with E-state index in [1.807, 2.05) is 0 Å². The number of fused-ring (bicyclic) bond motifs is 2. The highest BCUT2D eigenvalue weighted by Crippen LogP contribution is 2.43. The molecule has 146 valence electrons. The lowest BCUT2D eigenvalue weighted by atomic mass is 9.88. The van der Waals surface area contributed by atoms with Crippen molar-refractivity contribution in [1.82, 2.24) is 9.97 Å². The lowest BCUT2D eigenvalue weighted by molar-refractivity contribution is -0.285. The maximum Gasteiger partial charge on any atom is 0.423 e. The molecule has 0 saturated carbocycles. The highest BCUT2D eigenvalue weighted by Gasteiger charge is 2.62. The summed E-state index contributed by atoms with van der Waals surface area (Å²) in [6, 6.07) is 8.31. The number of alkyl halides is 3. The van der Waals surface area contributed by atoms with Crippen molar-refractivity contribution in [3.63, 3.8) is 0 Å². The summed E-state index contributed by atoms with van der Waals surface area (Å²) >= 11 is 0. The van der Waals surface area contributed by atoms with Gasteiger partial charge in [-0.1, -0.05) is 18.2 Å². The molecular formula is C19H15F4N3O2. The molecule has 1 aliphatic rings. The largest absolute Gasteiger partial charge is 0.467 e. The Balaban J connectivity index is 1.80. The highest BCUT2D eigenvalue weighted by molar-refractivity contribution is 5.91. The molecular weight excluding hydrogens is 378 g/mol. The molecule has 4 rings (SSSR count). The zero-order chi connectivity index (χ0) is 20.1. The maximum atomic E-state index is 14.0. The number of ether oxygens (including phenoxy) is 1. The van der Waals surface area contributed by atoms with Crippen LogP contribution in [-0.2, 0) is 6.42 Å². The number of anilines is 1. The van der Waals surface area contributed by atoms with E-state index in [9.17, 15) is 22.7 Å². The van der Waals surface area contributed by atoms with Gasteiger partial charge in [0.15, 0.2) is 0 Å². The molecule has 0 aliphatic carbocycles. The number of para-hydroxylation sites is 1. The SMILES string of the molecule is Cc1ncc2c(NC3Oc4ccccc4CC3(O)C(F)(F)F)cc(F)cc2n1. The Morgan fingerprint density at radius 2 is 2.00 bits per heavy atom. The molecule has 0 bridgehead atoms. The summed E-state index contributed by atoms with van der Waals surface area (Å²) in [7, 11) is 0. The van der Waals surface area contributed by atoms with Gasteiger partial charge in [0, 0.05) is 24.1 Å². The number of aromatic nitrogens is 2. The van der Waals surface area contributed by atoms with Crippen LogP contribution in [0.25, 0.3) is 10.9 Å². The van der Waals surface area contributed by atoms with Crippen molar-refractivity contribution in [3.05, 3.63) is 59.8 Å². The molecule has 0 radical (unpaired) electrons.